The van der Waals surface area contributed by atoms with Crippen LogP contribution in [-0.2, 0) is 9.59 Å². The maximum absolute atomic E-state index is 13.6. The third-order valence-corrected chi connectivity index (χ3v) is 8.11. The van der Waals surface area contributed by atoms with Crippen molar-refractivity contribution in [3.8, 4) is 0 Å². The summed E-state index contributed by atoms with van der Waals surface area (Å²) < 4.78 is 0. The van der Waals surface area contributed by atoms with Crippen molar-refractivity contribution < 1.29 is 9.59 Å². The van der Waals surface area contributed by atoms with Gasteiger partial charge >= 0.3 is 0 Å². The van der Waals surface area contributed by atoms with E-state index < -0.39 is 0 Å². The van der Waals surface area contributed by atoms with Crippen LogP contribution in [0.1, 0.15) is 68.9 Å². The highest BCUT2D eigenvalue weighted by Gasteiger charge is 2.60. The van der Waals surface area contributed by atoms with Gasteiger partial charge in [0, 0.05) is 24.9 Å². The number of hydrogen-bond donors (Lipinski definition) is 2. The molecule has 6 rings (SSSR count). The van der Waals surface area contributed by atoms with Crippen LogP contribution in [0.3, 0.4) is 0 Å². The Labute approximate surface area is 191 Å². The van der Waals surface area contributed by atoms with E-state index in [0.29, 0.717) is 18.4 Å². The van der Waals surface area contributed by atoms with Gasteiger partial charge in [0.1, 0.15) is 0 Å². The highest BCUT2D eigenvalue weighted by atomic mass is 16.2. The molecule has 0 radical (unpaired) electrons. The molecule has 2 atom stereocenters. The summed E-state index contributed by atoms with van der Waals surface area (Å²) in [4.78, 5) is 25.5. The Bertz CT molecular complexity index is 918. The van der Waals surface area contributed by atoms with Gasteiger partial charge in [-0.1, -0.05) is 60.7 Å². The fourth-order valence-corrected chi connectivity index (χ4v) is 7.46. The highest BCUT2D eigenvalue weighted by Crippen LogP contribution is 2.61. The monoisotopic (exact) mass is 430 g/mol. The maximum atomic E-state index is 13.6. The molecule has 2 unspecified atom stereocenters. The van der Waals surface area contributed by atoms with Crippen LogP contribution in [0.15, 0.2) is 60.7 Å². The normalized spacial score (nSPS) is 30.3. The van der Waals surface area contributed by atoms with Gasteiger partial charge in [0.05, 0.1) is 5.41 Å². The van der Waals surface area contributed by atoms with Crippen molar-refractivity contribution in [2.24, 2.45) is 17.3 Å². The van der Waals surface area contributed by atoms with Crippen molar-refractivity contribution in [2.45, 2.75) is 63.3 Å². The summed E-state index contributed by atoms with van der Waals surface area (Å²) in [5.74, 6) is 1.64. The summed E-state index contributed by atoms with van der Waals surface area (Å²) in [6, 6.07) is 21.1. The van der Waals surface area contributed by atoms with Crippen molar-refractivity contribution in [1.82, 2.24) is 10.6 Å². The summed E-state index contributed by atoms with van der Waals surface area (Å²) in [6.45, 7) is 2.27. The van der Waals surface area contributed by atoms with Gasteiger partial charge in [-0.2, -0.15) is 0 Å². The van der Waals surface area contributed by atoms with Gasteiger partial charge in [-0.15, -0.1) is 0 Å². The van der Waals surface area contributed by atoms with E-state index in [1.54, 1.807) is 6.92 Å². The fraction of sp³-hybridized carbons (Fsp3) is 0.500. The molecule has 4 fully saturated rings. The zero-order valence-electron chi connectivity index (χ0n) is 19.0. The van der Waals surface area contributed by atoms with Gasteiger partial charge in [0.25, 0.3) is 0 Å². The molecule has 0 saturated heterocycles. The molecule has 0 heterocycles. The standard InChI is InChI=1S/C28H34N2O2/c1-20(31)30-28-17-21-14-22(18-28)16-27(15-21,19-28)26(32)29-13-12-25(23-8-4-2-5-9-23)24-10-6-3-7-11-24/h2-11,21-22,25H,12-19H2,1H3,(H,29,32)(H,30,31). The van der Waals surface area contributed by atoms with Gasteiger partial charge in [-0.3, -0.25) is 9.59 Å². The Morgan fingerprint density at radius 1 is 0.906 bits per heavy atom. The van der Waals surface area contributed by atoms with E-state index in [9.17, 15) is 9.59 Å². The van der Waals surface area contributed by atoms with E-state index in [4.69, 9.17) is 0 Å². The number of benzene rings is 2. The second-order valence-corrected chi connectivity index (χ2v) is 10.6. The third kappa shape index (κ3) is 4.07. The molecule has 32 heavy (non-hydrogen) atoms. The van der Waals surface area contributed by atoms with Gasteiger partial charge in [-0.25, -0.2) is 0 Å². The van der Waals surface area contributed by atoms with Gasteiger partial charge in [0.15, 0.2) is 0 Å². The van der Waals surface area contributed by atoms with Crippen LogP contribution < -0.4 is 10.6 Å². The zero-order chi connectivity index (χ0) is 22.2. The molecule has 0 aliphatic heterocycles. The Morgan fingerprint density at radius 2 is 1.47 bits per heavy atom. The van der Waals surface area contributed by atoms with Crippen LogP contribution in [0.25, 0.3) is 0 Å². The summed E-state index contributed by atoms with van der Waals surface area (Å²) in [7, 11) is 0. The minimum atomic E-state index is -0.304. The summed E-state index contributed by atoms with van der Waals surface area (Å²) in [5, 5.41) is 6.59. The minimum Gasteiger partial charge on any atom is -0.356 e. The molecule has 2 amide bonds. The molecule has 2 aromatic rings. The number of amides is 2. The third-order valence-electron chi connectivity index (χ3n) is 8.11. The number of rotatable bonds is 7. The van der Waals surface area contributed by atoms with E-state index in [1.807, 2.05) is 12.1 Å². The first-order chi connectivity index (χ1) is 15.5. The minimum absolute atomic E-state index is 0.0380. The molecule has 4 heteroatoms. The molecule has 2 aromatic carbocycles. The van der Waals surface area contributed by atoms with Crippen LogP contribution in [0, 0.1) is 17.3 Å². The van der Waals surface area contributed by atoms with E-state index in [1.165, 1.54) is 17.5 Å². The smallest absolute Gasteiger partial charge is 0.226 e. The maximum Gasteiger partial charge on any atom is 0.226 e. The van der Waals surface area contributed by atoms with E-state index >= 15 is 0 Å². The van der Waals surface area contributed by atoms with Crippen molar-refractivity contribution in [3.05, 3.63) is 71.8 Å². The molecular weight excluding hydrogens is 396 g/mol. The number of nitrogens with one attached hydrogen (secondary N) is 2. The second kappa shape index (κ2) is 8.38. The summed E-state index contributed by atoms with van der Waals surface area (Å²) in [5.41, 5.74) is 2.10. The average Bonchev–Trinajstić information content (AvgIpc) is 2.76. The molecule has 2 N–H and O–H groups in total. The molecule has 4 saturated carbocycles. The Balaban J connectivity index is 1.28. The summed E-state index contributed by atoms with van der Waals surface area (Å²) in [6.07, 6.45) is 6.96. The largest absolute Gasteiger partial charge is 0.356 e. The molecule has 0 spiro atoms. The van der Waals surface area contributed by atoms with E-state index in [2.05, 4.69) is 59.2 Å². The summed E-state index contributed by atoms with van der Waals surface area (Å²) >= 11 is 0. The molecule has 4 aliphatic rings. The Kier molecular flexibility index (Phi) is 5.56. The topological polar surface area (TPSA) is 58.2 Å². The Hall–Kier alpha value is -2.62. The predicted octanol–water partition coefficient (Wildman–Crippen LogP) is 4.80. The van der Waals surface area contributed by atoms with E-state index in [-0.39, 0.29) is 28.7 Å². The fourth-order valence-electron chi connectivity index (χ4n) is 7.46. The molecule has 0 aromatic heterocycles. The van der Waals surface area contributed by atoms with Crippen LogP contribution >= 0.6 is 0 Å². The van der Waals surface area contributed by atoms with Gasteiger partial charge in [-0.05, 0) is 67.9 Å². The average molecular weight is 431 g/mol. The van der Waals surface area contributed by atoms with Crippen LogP contribution in [0.2, 0.25) is 0 Å². The lowest BCUT2D eigenvalue weighted by Gasteiger charge is -2.61. The lowest BCUT2D eigenvalue weighted by Crippen LogP contribution is -2.65. The van der Waals surface area contributed by atoms with Crippen LogP contribution in [-0.4, -0.2) is 23.9 Å². The van der Waals surface area contributed by atoms with Crippen LogP contribution in [0.4, 0.5) is 0 Å². The van der Waals surface area contributed by atoms with Crippen molar-refractivity contribution in [3.63, 3.8) is 0 Å². The zero-order valence-corrected chi connectivity index (χ0v) is 19.0. The molecule has 4 bridgehead atoms. The van der Waals surface area contributed by atoms with Gasteiger partial charge < -0.3 is 10.6 Å². The van der Waals surface area contributed by atoms with Gasteiger partial charge in [0.2, 0.25) is 11.8 Å². The molecule has 4 nitrogen and oxygen atoms in total. The first-order valence-corrected chi connectivity index (χ1v) is 12.1. The highest BCUT2D eigenvalue weighted by molar-refractivity contribution is 5.84. The first kappa shape index (κ1) is 21.2. The quantitative estimate of drug-likeness (QED) is 0.663. The Morgan fingerprint density at radius 3 is 2.00 bits per heavy atom. The number of hydrogen-bond acceptors (Lipinski definition) is 2. The second-order valence-electron chi connectivity index (χ2n) is 10.6. The number of carbonyl (C=O) groups is 2. The molecule has 168 valence electrons. The molecule has 4 aliphatic carbocycles. The lowest BCUT2D eigenvalue weighted by molar-refractivity contribution is -0.153. The van der Waals surface area contributed by atoms with Crippen LogP contribution in [0.5, 0.6) is 0 Å². The SMILES string of the molecule is CC(=O)NC12CC3CC(C1)CC(C(=O)NCCC(c1ccccc1)c1ccccc1)(C3)C2. The molecular formula is C28H34N2O2. The van der Waals surface area contributed by atoms with Crippen molar-refractivity contribution in [1.29, 1.82) is 0 Å². The van der Waals surface area contributed by atoms with E-state index in [0.717, 1.165) is 38.5 Å². The first-order valence-electron chi connectivity index (χ1n) is 12.1. The van der Waals surface area contributed by atoms with Crippen molar-refractivity contribution >= 4 is 11.8 Å². The predicted molar refractivity (Wildman–Crippen MR) is 126 cm³/mol. The lowest BCUT2D eigenvalue weighted by atomic mass is 9.46. The number of carbonyl (C=O) groups excluding carboxylic acids is 2. The van der Waals surface area contributed by atoms with Crippen molar-refractivity contribution in [2.75, 3.05) is 6.54 Å².